The standard InChI is InChI=1S/C16H20N4O/c17-9-11-5-3-7-14(11)20-16-12(15(18)21)8-10-4-1-2-6-13(10)19-16/h1-2,4,6,8,11,14H,3,5,7,9,17H2,(H2,18,21)(H,19,20). The van der Waals surface area contributed by atoms with Gasteiger partial charge in [-0.3, -0.25) is 4.79 Å². The summed E-state index contributed by atoms with van der Waals surface area (Å²) in [5.74, 6) is 0.545. The number of amides is 1. The second kappa shape index (κ2) is 5.69. The van der Waals surface area contributed by atoms with E-state index in [1.807, 2.05) is 24.3 Å². The molecule has 2 unspecified atom stereocenters. The van der Waals surface area contributed by atoms with Crippen LogP contribution in [0.25, 0.3) is 10.9 Å². The van der Waals surface area contributed by atoms with Gasteiger partial charge in [0.15, 0.2) is 0 Å². The number of para-hydroxylation sites is 1. The molecule has 1 saturated carbocycles. The van der Waals surface area contributed by atoms with E-state index in [-0.39, 0.29) is 6.04 Å². The lowest BCUT2D eigenvalue weighted by Crippen LogP contribution is -2.31. The van der Waals surface area contributed by atoms with Crippen LogP contribution in [-0.4, -0.2) is 23.5 Å². The molecule has 3 rings (SSSR count). The highest BCUT2D eigenvalue weighted by atomic mass is 16.1. The van der Waals surface area contributed by atoms with E-state index >= 15 is 0 Å². The third-order valence-electron chi connectivity index (χ3n) is 4.27. The molecule has 0 spiro atoms. The number of carbonyl (C=O) groups excluding carboxylic acids is 1. The van der Waals surface area contributed by atoms with Gasteiger partial charge in [0.25, 0.3) is 5.91 Å². The molecule has 1 aliphatic carbocycles. The maximum absolute atomic E-state index is 11.7. The summed E-state index contributed by atoms with van der Waals surface area (Å²) in [6.07, 6.45) is 3.32. The molecule has 2 atom stereocenters. The van der Waals surface area contributed by atoms with Crippen molar-refractivity contribution in [3.8, 4) is 0 Å². The highest BCUT2D eigenvalue weighted by molar-refractivity contribution is 6.01. The third-order valence-corrected chi connectivity index (χ3v) is 4.27. The Hall–Kier alpha value is -2.14. The van der Waals surface area contributed by atoms with Gasteiger partial charge < -0.3 is 16.8 Å². The third kappa shape index (κ3) is 2.69. The number of anilines is 1. The van der Waals surface area contributed by atoms with Gasteiger partial charge in [-0.1, -0.05) is 24.6 Å². The first-order chi connectivity index (χ1) is 10.2. The highest BCUT2D eigenvalue weighted by Gasteiger charge is 2.27. The van der Waals surface area contributed by atoms with Crippen molar-refractivity contribution in [3.05, 3.63) is 35.9 Å². The second-order valence-corrected chi connectivity index (χ2v) is 5.62. The average molecular weight is 284 g/mol. The van der Waals surface area contributed by atoms with Crippen LogP contribution in [0.2, 0.25) is 0 Å². The number of carbonyl (C=O) groups is 1. The Morgan fingerprint density at radius 1 is 1.33 bits per heavy atom. The predicted octanol–water partition coefficient (Wildman–Crippen LogP) is 1.87. The van der Waals surface area contributed by atoms with E-state index in [1.165, 1.54) is 0 Å². The normalized spacial score (nSPS) is 21.6. The summed E-state index contributed by atoms with van der Waals surface area (Å²) in [6.45, 7) is 0.650. The first-order valence-corrected chi connectivity index (χ1v) is 7.35. The second-order valence-electron chi connectivity index (χ2n) is 5.62. The number of pyridine rings is 1. The molecule has 1 aliphatic rings. The van der Waals surface area contributed by atoms with Crippen LogP contribution >= 0.6 is 0 Å². The summed E-state index contributed by atoms with van der Waals surface area (Å²) in [5, 5.41) is 4.31. The number of primary amides is 1. The summed E-state index contributed by atoms with van der Waals surface area (Å²) in [6, 6.07) is 9.78. The van der Waals surface area contributed by atoms with Crippen LogP contribution in [0.1, 0.15) is 29.6 Å². The first-order valence-electron chi connectivity index (χ1n) is 7.35. The molecular weight excluding hydrogens is 264 g/mol. The van der Waals surface area contributed by atoms with Crippen molar-refractivity contribution in [2.45, 2.75) is 25.3 Å². The fourth-order valence-electron chi connectivity index (χ4n) is 3.10. The largest absolute Gasteiger partial charge is 0.366 e. The van der Waals surface area contributed by atoms with E-state index in [0.717, 1.165) is 30.2 Å². The van der Waals surface area contributed by atoms with Crippen LogP contribution in [0.5, 0.6) is 0 Å². The molecule has 1 amide bonds. The molecule has 1 heterocycles. The lowest BCUT2D eigenvalue weighted by molar-refractivity contribution is 0.100. The Bertz CT molecular complexity index is 670. The molecule has 5 nitrogen and oxygen atoms in total. The Morgan fingerprint density at radius 2 is 2.14 bits per heavy atom. The molecule has 0 bridgehead atoms. The predicted molar refractivity (Wildman–Crippen MR) is 84.1 cm³/mol. The van der Waals surface area contributed by atoms with Gasteiger partial charge in [-0.25, -0.2) is 4.98 Å². The van der Waals surface area contributed by atoms with E-state index in [1.54, 1.807) is 6.07 Å². The minimum atomic E-state index is -0.460. The lowest BCUT2D eigenvalue weighted by atomic mass is 10.0. The van der Waals surface area contributed by atoms with Crippen LogP contribution in [0.4, 0.5) is 5.82 Å². The molecule has 2 aromatic rings. The fraction of sp³-hybridized carbons (Fsp3) is 0.375. The van der Waals surface area contributed by atoms with E-state index in [9.17, 15) is 4.79 Å². The van der Waals surface area contributed by atoms with Crippen molar-refractivity contribution in [2.24, 2.45) is 17.4 Å². The molecule has 1 fully saturated rings. The minimum absolute atomic E-state index is 0.266. The number of aromatic nitrogens is 1. The summed E-state index contributed by atoms with van der Waals surface area (Å²) in [5.41, 5.74) is 12.6. The van der Waals surface area contributed by atoms with Crippen molar-refractivity contribution >= 4 is 22.6 Å². The van der Waals surface area contributed by atoms with Crippen LogP contribution < -0.4 is 16.8 Å². The van der Waals surface area contributed by atoms with Gasteiger partial charge in [0, 0.05) is 11.4 Å². The Kier molecular flexibility index (Phi) is 3.75. The van der Waals surface area contributed by atoms with E-state index in [2.05, 4.69) is 10.3 Å². The number of rotatable bonds is 4. The van der Waals surface area contributed by atoms with Gasteiger partial charge in [0.1, 0.15) is 5.82 Å². The van der Waals surface area contributed by atoms with Crippen LogP contribution in [0, 0.1) is 5.92 Å². The van der Waals surface area contributed by atoms with Crippen molar-refractivity contribution in [2.75, 3.05) is 11.9 Å². The highest BCUT2D eigenvalue weighted by Crippen LogP contribution is 2.29. The number of hydrogen-bond acceptors (Lipinski definition) is 4. The van der Waals surface area contributed by atoms with Gasteiger partial charge in [-0.15, -0.1) is 0 Å². The van der Waals surface area contributed by atoms with Crippen LogP contribution in [-0.2, 0) is 0 Å². The molecular formula is C16H20N4O. The monoisotopic (exact) mass is 284 g/mol. The topological polar surface area (TPSA) is 94.0 Å². The van der Waals surface area contributed by atoms with Crippen molar-refractivity contribution < 1.29 is 4.79 Å². The summed E-state index contributed by atoms with van der Waals surface area (Å²) in [4.78, 5) is 16.3. The number of hydrogen-bond donors (Lipinski definition) is 3. The van der Waals surface area contributed by atoms with Gasteiger partial charge in [0.2, 0.25) is 0 Å². The molecule has 1 aromatic heterocycles. The van der Waals surface area contributed by atoms with Gasteiger partial charge in [-0.2, -0.15) is 0 Å². The van der Waals surface area contributed by atoms with E-state index in [0.29, 0.717) is 23.8 Å². The number of nitrogens with zero attached hydrogens (tertiary/aromatic N) is 1. The minimum Gasteiger partial charge on any atom is -0.366 e. The number of nitrogens with two attached hydrogens (primary N) is 2. The van der Waals surface area contributed by atoms with E-state index in [4.69, 9.17) is 11.5 Å². The SMILES string of the molecule is NCC1CCCC1Nc1nc2ccccc2cc1C(N)=O. The maximum Gasteiger partial charge on any atom is 0.252 e. The number of fused-ring (bicyclic) bond motifs is 1. The zero-order valence-electron chi connectivity index (χ0n) is 11.9. The fourth-order valence-corrected chi connectivity index (χ4v) is 3.10. The van der Waals surface area contributed by atoms with Crippen LogP contribution in [0.15, 0.2) is 30.3 Å². The van der Waals surface area contributed by atoms with Crippen molar-refractivity contribution in [1.29, 1.82) is 0 Å². The zero-order valence-corrected chi connectivity index (χ0v) is 11.9. The molecule has 0 saturated heterocycles. The lowest BCUT2D eigenvalue weighted by Gasteiger charge is -2.21. The first kappa shape index (κ1) is 13.8. The Labute approximate surface area is 123 Å². The Balaban J connectivity index is 1.99. The molecule has 5 heteroatoms. The van der Waals surface area contributed by atoms with Gasteiger partial charge >= 0.3 is 0 Å². The number of nitrogens with one attached hydrogen (secondary N) is 1. The van der Waals surface area contributed by atoms with Gasteiger partial charge in [-0.05, 0) is 37.4 Å². The van der Waals surface area contributed by atoms with Gasteiger partial charge in [0.05, 0.1) is 11.1 Å². The molecule has 0 aliphatic heterocycles. The number of benzene rings is 1. The van der Waals surface area contributed by atoms with Crippen molar-refractivity contribution in [1.82, 2.24) is 4.98 Å². The molecule has 5 N–H and O–H groups in total. The van der Waals surface area contributed by atoms with Crippen molar-refractivity contribution in [3.63, 3.8) is 0 Å². The zero-order chi connectivity index (χ0) is 14.8. The summed E-state index contributed by atoms with van der Waals surface area (Å²) in [7, 11) is 0. The molecule has 0 radical (unpaired) electrons. The molecule has 21 heavy (non-hydrogen) atoms. The Morgan fingerprint density at radius 3 is 2.90 bits per heavy atom. The van der Waals surface area contributed by atoms with E-state index < -0.39 is 5.91 Å². The quantitative estimate of drug-likeness (QED) is 0.799. The summed E-state index contributed by atoms with van der Waals surface area (Å²) < 4.78 is 0. The average Bonchev–Trinajstić information content (AvgIpc) is 2.93. The summed E-state index contributed by atoms with van der Waals surface area (Å²) >= 11 is 0. The van der Waals surface area contributed by atoms with Crippen LogP contribution in [0.3, 0.4) is 0 Å². The molecule has 1 aromatic carbocycles. The molecule has 110 valence electrons. The maximum atomic E-state index is 11.7. The smallest absolute Gasteiger partial charge is 0.252 e.